The molecule has 0 aliphatic heterocycles. The molecule has 0 fully saturated rings. The van der Waals surface area contributed by atoms with Crippen molar-refractivity contribution in [3.8, 4) is 17.1 Å². The van der Waals surface area contributed by atoms with Crippen LogP contribution in [0.2, 0.25) is 0 Å². The molecule has 1 aromatic heterocycles. The monoisotopic (exact) mass is 399 g/mol. The van der Waals surface area contributed by atoms with Gasteiger partial charge < -0.3 is 14.6 Å². The summed E-state index contributed by atoms with van der Waals surface area (Å²) < 4.78 is 10.6. The highest BCUT2D eigenvalue weighted by molar-refractivity contribution is 5.92. The minimum Gasteiger partial charge on any atom is -0.497 e. The van der Waals surface area contributed by atoms with Crippen molar-refractivity contribution in [1.29, 1.82) is 0 Å². The van der Waals surface area contributed by atoms with Gasteiger partial charge in [0.25, 0.3) is 0 Å². The number of carbonyl (C=O) groups excluding carboxylic acids is 1. The maximum atomic E-state index is 12.3. The summed E-state index contributed by atoms with van der Waals surface area (Å²) in [4.78, 5) is 16.8. The van der Waals surface area contributed by atoms with E-state index in [4.69, 9.17) is 9.26 Å². The van der Waals surface area contributed by atoms with E-state index >= 15 is 0 Å². The first-order chi connectivity index (χ1) is 14.7. The predicted octanol–water partition coefficient (Wildman–Crippen LogP) is 4.52. The average molecular weight is 399 g/mol. The maximum absolute atomic E-state index is 12.3. The molecule has 0 radical (unpaired) electrons. The Hall–Kier alpha value is -3.93. The van der Waals surface area contributed by atoms with Gasteiger partial charge in [-0.1, -0.05) is 59.8 Å². The molecule has 0 bridgehead atoms. The zero-order valence-corrected chi connectivity index (χ0v) is 16.5. The van der Waals surface area contributed by atoms with E-state index in [1.54, 1.807) is 7.11 Å². The smallest absolute Gasteiger partial charge is 0.231 e. The van der Waals surface area contributed by atoms with E-state index in [1.165, 1.54) is 0 Å². The zero-order valence-electron chi connectivity index (χ0n) is 16.5. The lowest BCUT2D eigenvalue weighted by Gasteiger charge is -2.06. The molecule has 4 rings (SSSR count). The van der Waals surface area contributed by atoms with E-state index in [2.05, 4.69) is 15.5 Å². The fourth-order valence-electron chi connectivity index (χ4n) is 3.08. The second kappa shape index (κ2) is 9.05. The van der Waals surface area contributed by atoms with Crippen molar-refractivity contribution in [2.45, 2.75) is 12.8 Å². The summed E-state index contributed by atoms with van der Waals surface area (Å²) in [6, 6.07) is 24.8. The zero-order chi connectivity index (χ0) is 20.8. The molecule has 0 spiro atoms. The van der Waals surface area contributed by atoms with Crippen molar-refractivity contribution < 1.29 is 14.1 Å². The lowest BCUT2D eigenvalue weighted by Crippen LogP contribution is -2.14. The predicted molar refractivity (Wildman–Crippen MR) is 114 cm³/mol. The number of amides is 1. The second-order valence-electron chi connectivity index (χ2n) is 6.83. The van der Waals surface area contributed by atoms with Gasteiger partial charge in [0.15, 0.2) is 0 Å². The molecule has 150 valence electrons. The number of nitrogens with one attached hydrogen (secondary N) is 1. The van der Waals surface area contributed by atoms with Crippen LogP contribution in [0.3, 0.4) is 0 Å². The molecule has 4 aromatic rings. The van der Waals surface area contributed by atoms with Crippen LogP contribution < -0.4 is 10.1 Å². The summed E-state index contributed by atoms with van der Waals surface area (Å²) in [5.41, 5.74) is 3.48. The molecule has 0 saturated carbocycles. The standard InChI is InChI=1S/C24H21N3O3/c1-29-21-12-10-18(11-13-21)15-23-26-24(27-30-23)19-8-5-9-20(16-19)25-22(28)14-17-6-3-2-4-7-17/h2-13,16H,14-15H2,1H3,(H,25,28). The van der Waals surface area contributed by atoms with E-state index in [0.29, 0.717) is 30.2 Å². The van der Waals surface area contributed by atoms with Gasteiger partial charge in [-0.15, -0.1) is 0 Å². The fraction of sp³-hybridized carbons (Fsp3) is 0.125. The Balaban J connectivity index is 1.42. The Bertz CT molecular complexity index is 1120. The molecule has 0 atom stereocenters. The Morgan fingerprint density at radius 2 is 1.77 bits per heavy atom. The van der Waals surface area contributed by atoms with Crippen LogP contribution in [0, 0.1) is 0 Å². The molecular weight excluding hydrogens is 378 g/mol. The van der Waals surface area contributed by atoms with Crippen molar-refractivity contribution in [3.63, 3.8) is 0 Å². The highest BCUT2D eigenvalue weighted by atomic mass is 16.5. The molecule has 1 heterocycles. The summed E-state index contributed by atoms with van der Waals surface area (Å²) in [5, 5.41) is 7.00. The van der Waals surface area contributed by atoms with Gasteiger partial charge in [-0.05, 0) is 35.4 Å². The molecule has 1 amide bonds. The van der Waals surface area contributed by atoms with Crippen molar-refractivity contribution in [1.82, 2.24) is 10.1 Å². The van der Waals surface area contributed by atoms with Gasteiger partial charge in [-0.3, -0.25) is 4.79 Å². The lowest BCUT2D eigenvalue weighted by molar-refractivity contribution is -0.115. The van der Waals surface area contributed by atoms with Gasteiger partial charge in [0.2, 0.25) is 17.6 Å². The van der Waals surface area contributed by atoms with Crippen LogP contribution in [-0.2, 0) is 17.6 Å². The Morgan fingerprint density at radius 1 is 0.967 bits per heavy atom. The average Bonchev–Trinajstić information content (AvgIpc) is 3.24. The molecule has 0 aliphatic rings. The third-order valence-corrected chi connectivity index (χ3v) is 4.59. The second-order valence-corrected chi connectivity index (χ2v) is 6.83. The summed E-state index contributed by atoms with van der Waals surface area (Å²) in [6.07, 6.45) is 0.851. The van der Waals surface area contributed by atoms with Crippen LogP contribution in [0.15, 0.2) is 83.4 Å². The summed E-state index contributed by atoms with van der Waals surface area (Å²) in [7, 11) is 1.64. The van der Waals surface area contributed by atoms with Gasteiger partial charge in [0, 0.05) is 11.3 Å². The minimum absolute atomic E-state index is 0.0772. The van der Waals surface area contributed by atoms with Crippen LogP contribution >= 0.6 is 0 Å². The third-order valence-electron chi connectivity index (χ3n) is 4.59. The third kappa shape index (κ3) is 4.91. The molecule has 3 aromatic carbocycles. The van der Waals surface area contributed by atoms with E-state index in [-0.39, 0.29) is 5.91 Å². The molecule has 6 heteroatoms. The first-order valence-corrected chi connectivity index (χ1v) is 9.59. The van der Waals surface area contributed by atoms with Crippen molar-refractivity contribution in [2.75, 3.05) is 12.4 Å². The number of methoxy groups -OCH3 is 1. The maximum Gasteiger partial charge on any atom is 0.231 e. The van der Waals surface area contributed by atoms with Crippen LogP contribution in [0.4, 0.5) is 5.69 Å². The Morgan fingerprint density at radius 3 is 2.53 bits per heavy atom. The van der Waals surface area contributed by atoms with E-state index < -0.39 is 0 Å². The first-order valence-electron chi connectivity index (χ1n) is 9.59. The first kappa shape index (κ1) is 19.4. The number of benzene rings is 3. The minimum atomic E-state index is -0.0772. The van der Waals surface area contributed by atoms with E-state index in [1.807, 2.05) is 78.9 Å². The largest absolute Gasteiger partial charge is 0.497 e. The van der Waals surface area contributed by atoms with Gasteiger partial charge in [0.1, 0.15) is 5.75 Å². The van der Waals surface area contributed by atoms with Crippen LogP contribution in [-0.4, -0.2) is 23.2 Å². The van der Waals surface area contributed by atoms with Crippen molar-refractivity contribution in [3.05, 3.63) is 95.9 Å². The Labute approximate surface area is 174 Å². The molecule has 0 aliphatic carbocycles. The highest BCUT2D eigenvalue weighted by Crippen LogP contribution is 2.21. The van der Waals surface area contributed by atoms with Crippen LogP contribution in [0.25, 0.3) is 11.4 Å². The van der Waals surface area contributed by atoms with E-state index in [9.17, 15) is 4.79 Å². The molecule has 1 N–H and O–H groups in total. The highest BCUT2D eigenvalue weighted by Gasteiger charge is 2.11. The molecule has 0 saturated heterocycles. The normalized spacial score (nSPS) is 10.6. The number of anilines is 1. The number of rotatable bonds is 7. The number of carbonyl (C=O) groups is 1. The fourth-order valence-corrected chi connectivity index (χ4v) is 3.08. The number of hydrogen-bond donors (Lipinski definition) is 1. The van der Waals surface area contributed by atoms with Crippen molar-refractivity contribution in [2.24, 2.45) is 0 Å². The lowest BCUT2D eigenvalue weighted by atomic mass is 10.1. The molecular formula is C24H21N3O3. The number of hydrogen-bond acceptors (Lipinski definition) is 5. The summed E-state index contributed by atoms with van der Waals surface area (Å²) in [5.74, 6) is 1.73. The Kier molecular flexibility index (Phi) is 5.85. The molecule has 30 heavy (non-hydrogen) atoms. The molecule has 6 nitrogen and oxygen atoms in total. The van der Waals surface area contributed by atoms with Gasteiger partial charge >= 0.3 is 0 Å². The quantitative estimate of drug-likeness (QED) is 0.494. The molecule has 0 unspecified atom stereocenters. The van der Waals surface area contributed by atoms with Crippen molar-refractivity contribution >= 4 is 11.6 Å². The van der Waals surface area contributed by atoms with Gasteiger partial charge in [0.05, 0.1) is 20.0 Å². The van der Waals surface area contributed by atoms with Crippen LogP contribution in [0.1, 0.15) is 17.0 Å². The van der Waals surface area contributed by atoms with Gasteiger partial charge in [-0.2, -0.15) is 4.98 Å². The number of nitrogens with zero attached hydrogens (tertiary/aromatic N) is 2. The number of aromatic nitrogens is 2. The summed E-state index contributed by atoms with van der Waals surface area (Å²) >= 11 is 0. The van der Waals surface area contributed by atoms with Gasteiger partial charge in [-0.25, -0.2) is 0 Å². The van der Waals surface area contributed by atoms with E-state index in [0.717, 1.165) is 22.4 Å². The summed E-state index contributed by atoms with van der Waals surface area (Å²) in [6.45, 7) is 0. The topological polar surface area (TPSA) is 77.2 Å². The number of ether oxygens (including phenoxy) is 1. The SMILES string of the molecule is COc1ccc(Cc2nc(-c3cccc(NC(=O)Cc4ccccc4)c3)no2)cc1. The van der Waals surface area contributed by atoms with Crippen LogP contribution in [0.5, 0.6) is 5.75 Å².